The van der Waals surface area contributed by atoms with Gasteiger partial charge in [0.05, 0.1) is 6.61 Å². The SMILES string of the molecule is Cc1cc(Cc2cc(O)c(O)c(O)c2)c2c(C)cc3c(cc1-2)[C@@H](C)CO3. The lowest BCUT2D eigenvalue weighted by Gasteiger charge is -2.08. The van der Waals surface area contributed by atoms with Gasteiger partial charge in [0, 0.05) is 11.5 Å². The van der Waals surface area contributed by atoms with E-state index in [9.17, 15) is 15.3 Å². The summed E-state index contributed by atoms with van der Waals surface area (Å²) in [6, 6.07) is 9.49. The molecule has 4 heteroatoms. The lowest BCUT2D eigenvalue weighted by atomic mass is 9.97. The van der Waals surface area contributed by atoms with E-state index in [1.807, 2.05) is 0 Å². The Hall–Kier alpha value is -2.88. The normalized spacial score (nSPS) is 15.9. The summed E-state index contributed by atoms with van der Waals surface area (Å²) in [5.74, 6) is 0.231. The molecule has 4 rings (SSSR count). The highest BCUT2D eigenvalue weighted by Gasteiger charge is 2.24. The summed E-state index contributed by atoms with van der Waals surface area (Å²) in [5.41, 5.74) is 7.84. The lowest BCUT2D eigenvalue weighted by Crippen LogP contribution is -1.95. The number of rotatable bonds is 2. The highest BCUT2D eigenvalue weighted by atomic mass is 16.5. The number of phenolic OH excluding ortho intramolecular Hbond substituents is 3. The van der Waals surface area contributed by atoms with Crippen molar-refractivity contribution < 1.29 is 20.1 Å². The van der Waals surface area contributed by atoms with Gasteiger partial charge >= 0.3 is 0 Å². The molecule has 134 valence electrons. The smallest absolute Gasteiger partial charge is 0.200 e. The van der Waals surface area contributed by atoms with E-state index in [1.54, 1.807) is 0 Å². The average molecular weight is 350 g/mol. The van der Waals surface area contributed by atoms with Gasteiger partial charge < -0.3 is 20.1 Å². The number of hydrogen-bond acceptors (Lipinski definition) is 4. The predicted octanol–water partition coefficient (Wildman–Crippen LogP) is 4.61. The predicted molar refractivity (Wildman–Crippen MR) is 101 cm³/mol. The number of aromatic hydroxyl groups is 3. The van der Waals surface area contributed by atoms with Crippen molar-refractivity contribution in [2.45, 2.75) is 33.1 Å². The minimum atomic E-state index is -0.484. The molecule has 0 aromatic heterocycles. The van der Waals surface area contributed by atoms with Crippen LogP contribution in [0.15, 0.2) is 30.3 Å². The van der Waals surface area contributed by atoms with Crippen LogP contribution in [0.1, 0.15) is 40.7 Å². The zero-order chi connectivity index (χ0) is 18.6. The van der Waals surface area contributed by atoms with Crippen molar-refractivity contribution in [1.82, 2.24) is 0 Å². The van der Waals surface area contributed by atoms with Gasteiger partial charge in [0.25, 0.3) is 0 Å². The molecular formula is C22H22O4. The van der Waals surface area contributed by atoms with Gasteiger partial charge in [0.1, 0.15) is 5.75 Å². The van der Waals surface area contributed by atoms with Crippen molar-refractivity contribution in [3.8, 4) is 34.1 Å². The molecule has 0 fully saturated rings. The molecular weight excluding hydrogens is 328 g/mol. The highest BCUT2D eigenvalue weighted by Crippen LogP contribution is 2.43. The van der Waals surface area contributed by atoms with Crippen LogP contribution in [-0.2, 0) is 6.42 Å². The molecule has 0 amide bonds. The number of benzene rings is 1. The quantitative estimate of drug-likeness (QED) is 0.590. The molecule has 0 radical (unpaired) electrons. The first-order chi connectivity index (χ1) is 12.3. The molecule has 2 aliphatic carbocycles. The maximum absolute atomic E-state index is 9.79. The van der Waals surface area contributed by atoms with Crippen molar-refractivity contribution in [2.75, 3.05) is 6.61 Å². The van der Waals surface area contributed by atoms with Crippen LogP contribution in [0, 0.1) is 13.8 Å². The first-order valence-electron chi connectivity index (χ1n) is 8.78. The van der Waals surface area contributed by atoms with Crippen molar-refractivity contribution >= 4 is 0 Å². The van der Waals surface area contributed by atoms with Crippen LogP contribution in [0.3, 0.4) is 0 Å². The minimum Gasteiger partial charge on any atom is -0.504 e. The summed E-state index contributed by atoms with van der Waals surface area (Å²) >= 11 is 0. The molecule has 0 spiro atoms. The summed E-state index contributed by atoms with van der Waals surface area (Å²) in [4.78, 5) is 0. The summed E-state index contributed by atoms with van der Waals surface area (Å²) in [6.45, 7) is 7.08. The number of ether oxygens (including phenoxy) is 1. The second-order valence-corrected chi connectivity index (χ2v) is 7.30. The summed E-state index contributed by atoms with van der Waals surface area (Å²) < 4.78 is 5.84. The molecule has 1 aromatic rings. The largest absolute Gasteiger partial charge is 0.504 e. The third-order valence-corrected chi connectivity index (χ3v) is 5.28. The maximum atomic E-state index is 9.79. The van der Waals surface area contributed by atoms with Crippen molar-refractivity contribution in [2.24, 2.45) is 0 Å². The van der Waals surface area contributed by atoms with Gasteiger partial charge in [-0.3, -0.25) is 0 Å². The van der Waals surface area contributed by atoms with Crippen LogP contribution in [-0.4, -0.2) is 21.9 Å². The first-order valence-corrected chi connectivity index (χ1v) is 8.78. The average Bonchev–Trinajstić information content (AvgIpc) is 3.01. The van der Waals surface area contributed by atoms with Crippen LogP contribution >= 0.6 is 0 Å². The van der Waals surface area contributed by atoms with Crippen LogP contribution in [0.5, 0.6) is 23.0 Å². The fourth-order valence-electron chi connectivity index (χ4n) is 3.95. The molecule has 1 atom stereocenters. The Morgan fingerprint density at radius 1 is 0.962 bits per heavy atom. The van der Waals surface area contributed by atoms with E-state index >= 15 is 0 Å². The number of phenols is 3. The van der Waals surface area contributed by atoms with Crippen molar-refractivity contribution in [1.29, 1.82) is 0 Å². The van der Waals surface area contributed by atoms with Crippen LogP contribution in [0.4, 0.5) is 0 Å². The Balaban J connectivity index is 1.84. The van der Waals surface area contributed by atoms with E-state index in [0.717, 1.165) is 29.0 Å². The monoisotopic (exact) mass is 350 g/mol. The van der Waals surface area contributed by atoms with E-state index in [2.05, 4.69) is 39.0 Å². The third-order valence-electron chi connectivity index (χ3n) is 5.28. The van der Waals surface area contributed by atoms with Gasteiger partial charge in [-0.05, 0) is 77.9 Å². The lowest BCUT2D eigenvalue weighted by molar-refractivity contribution is 0.337. The van der Waals surface area contributed by atoms with Gasteiger partial charge in [-0.2, -0.15) is 0 Å². The van der Waals surface area contributed by atoms with Gasteiger partial charge in [-0.15, -0.1) is 0 Å². The topological polar surface area (TPSA) is 69.9 Å². The van der Waals surface area contributed by atoms with Gasteiger partial charge in [-0.25, -0.2) is 0 Å². The Bertz CT molecular complexity index is 967. The summed E-state index contributed by atoms with van der Waals surface area (Å²) in [6.07, 6.45) is 0.553. The Labute approximate surface area is 152 Å². The van der Waals surface area contributed by atoms with Crippen molar-refractivity contribution in [3.05, 3.63) is 58.1 Å². The van der Waals surface area contributed by atoms with Crippen LogP contribution < -0.4 is 4.74 Å². The number of hydrogen-bond donors (Lipinski definition) is 3. The molecule has 26 heavy (non-hydrogen) atoms. The van der Waals surface area contributed by atoms with E-state index in [4.69, 9.17) is 4.74 Å². The standard InChI is InChI=1S/C22H22O4/c1-11-4-15(6-14-7-18(23)22(25)19(24)8-14)21-12(2)5-20-16(9-17(11)21)13(3)10-26-20/h4-5,7-9,13,23-25H,6,10H2,1-3H3/t13-/m0/s1. The Morgan fingerprint density at radius 3 is 2.35 bits per heavy atom. The van der Waals surface area contributed by atoms with Gasteiger partial charge in [-0.1, -0.05) is 13.0 Å². The minimum absolute atomic E-state index is 0.309. The van der Waals surface area contributed by atoms with E-state index in [0.29, 0.717) is 12.3 Å². The molecule has 4 nitrogen and oxygen atoms in total. The number of fused-ring (bicyclic) bond motifs is 2. The fraction of sp³-hybridized carbons (Fsp3) is 0.273. The maximum Gasteiger partial charge on any atom is 0.200 e. The summed E-state index contributed by atoms with van der Waals surface area (Å²) in [5, 5.41) is 29.1. The number of aryl methyl sites for hydroxylation is 2. The molecule has 0 saturated carbocycles. The second-order valence-electron chi connectivity index (χ2n) is 7.30. The van der Waals surface area contributed by atoms with Crippen LogP contribution in [0.25, 0.3) is 11.1 Å². The molecule has 0 bridgehead atoms. The van der Waals surface area contributed by atoms with Crippen LogP contribution in [0.2, 0.25) is 0 Å². The second kappa shape index (κ2) is 5.84. The van der Waals surface area contributed by atoms with E-state index in [-0.39, 0.29) is 11.5 Å². The molecule has 1 heterocycles. The molecule has 1 aromatic carbocycles. The van der Waals surface area contributed by atoms with Gasteiger partial charge in [0.2, 0.25) is 0 Å². The molecule has 1 aliphatic heterocycles. The van der Waals surface area contributed by atoms with Crippen molar-refractivity contribution in [3.63, 3.8) is 0 Å². The third kappa shape index (κ3) is 2.53. The Kier molecular flexibility index (Phi) is 3.72. The van der Waals surface area contributed by atoms with Gasteiger partial charge in [0.15, 0.2) is 17.2 Å². The molecule has 3 aliphatic rings. The molecule has 3 N–H and O–H groups in total. The zero-order valence-electron chi connectivity index (χ0n) is 15.1. The molecule has 0 unspecified atom stereocenters. The van der Waals surface area contributed by atoms with E-state index in [1.165, 1.54) is 34.4 Å². The summed E-state index contributed by atoms with van der Waals surface area (Å²) in [7, 11) is 0. The molecule has 0 saturated heterocycles. The zero-order valence-corrected chi connectivity index (χ0v) is 15.1. The Morgan fingerprint density at radius 2 is 1.65 bits per heavy atom. The highest BCUT2D eigenvalue weighted by molar-refractivity contribution is 5.79. The van der Waals surface area contributed by atoms with E-state index < -0.39 is 5.75 Å². The first kappa shape index (κ1) is 16.6. The fourth-order valence-corrected chi connectivity index (χ4v) is 3.95.